The molecular formula is C30H35F3N6O5S. The smallest absolute Gasteiger partial charge is 0.394 e. The van der Waals surface area contributed by atoms with Crippen LogP contribution in [0.3, 0.4) is 0 Å². The number of rotatable bonds is 5. The first kappa shape index (κ1) is 31.1. The minimum absolute atomic E-state index is 0.0565. The van der Waals surface area contributed by atoms with Gasteiger partial charge in [0.25, 0.3) is 15.9 Å². The Labute approximate surface area is 259 Å². The number of amides is 1. The van der Waals surface area contributed by atoms with Gasteiger partial charge in [-0.15, -0.1) is 5.10 Å². The van der Waals surface area contributed by atoms with Gasteiger partial charge in [-0.05, 0) is 82.9 Å². The molecule has 1 N–H and O–H groups in total. The molecule has 15 heteroatoms. The van der Waals surface area contributed by atoms with E-state index in [1.807, 2.05) is 4.90 Å². The summed E-state index contributed by atoms with van der Waals surface area (Å²) in [4.78, 5) is 24.5. The largest absolute Gasteiger partial charge is 0.478 e. The van der Waals surface area contributed by atoms with Crippen LogP contribution in [0.2, 0.25) is 0 Å². The van der Waals surface area contributed by atoms with Gasteiger partial charge in [-0.1, -0.05) is 6.07 Å². The van der Waals surface area contributed by atoms with E-state index in [0.717, 1.165) is 25.7 Å². The number of halogens is 3. The number of hydrogen-bond donors (Lipinski definition) is 1. The van der Waals surface area contributed by atoms with Crippen LogP contribution in [0.25, 0.3) is 5.82 Å². The number of anilines is 1. The van der Waals surface area contributed by atoms with E-state index in [0.29, 0.717) is 30.7 Å². The lowest BCUT2D eigenvalue weighted by Gasteiger charge is -2.34. The van der Waals surface area contributed by atoms with Gasteiger partial charge in [0, 0.05) is 30.4 Å². The summed E-state index contributed by atoms with van der Waals surface area (Å²) in [5.74, 6) is 0.359. The Bertz CT molecular complexity index is 1690. The van der Waals surface area contributed by atoms with Crippen LogP contribution >= 0.6 is 0 Å². The molecule has 1 aliphatic carbocycles. The van der Waals surface area contributed by atoms with Crippen molar-refractivity contribution in [3.05, 3.63) is 48.2 Å². The van der Waals surface area contributed by atoms with Gasteiger partial charge in [0.1, 0.15) is 5.82 Å². The Kier molecular flexibility index (Phi) is 7.94. The number of carbonyl (C=O) groups is 1. The van der Waals surface area contributed by atoms with Crippen molar-refractivity contribution in [2.75, 3.05) is 24.7 Å². The van der Waals surface area contributed by atoms with Crippen molar-refractivity contribution in [3.8, 4) is 17.6 Å². The van der Waals surface area contributed by atoms with E-state index in [9.17, 15) is 26.4 Å². The maximum absolute atomic E-state index is 13.6. The number of nitrogens with one attached hydrogen (secondary N) is 1. The molecule has 6 rings (SSSR count). The molecule has 11 nitrogen and oxygen atoms in total. The molecule has 3 aromatic heterocycles. The zero-order chi connectivity index (χ0) is 32.0. The number of fused-ring (bicyclic) bond motifs is 6. The highest BCUT2D eigenvalue weighted by atomic mass is 32.2. The topological polar surface area (TPSA) is 129 Å². The molecule has 2 fully saturated rings. The fraction of sp³-hybridized carbons (Fsp3) is 0.533. The Morgan fingerprint density at radius 1 is 1.11 bits per heavy atom. The molecule has 1 saturated heterocycles. The maximum atomic E-state index is 13.6. The van der Waals surface area contributed by atoms with E-state index >= 15 is 0 Å². The van der Waals surface area contributed by atoms with Crippen LogP contribution < -0.4 is 19.1 Å². The van der Waals surface area contributed by atoms with Crippen LogP contribution in [-0.4, -0.2) is 65.5 Å². The molecule has 242 valence electrons. The van der Waals surface area contributed by atoms with Crippen molar-refractivity contribution in [1.82, 2.24) is 24.5 Å². The Morgan fingerprint density at radius 2 is 1.91 bits per heavy atom. The molecule has 1 amide bonds. The molecule has 4 bridgehead atoms. The third-order valence-electron chi connectivity index (χ3n) is 8.86. The number of hydrogen-bond acceptors (Lipinski definition) is 9. The molecule has 5 heterocycles. The molecule has 1 unspecified atom stereocenters. The Balaban J connectivity index is 1.30. The summed E-state index contributed by atoms with van der Waals surface area (Å²) in [6.07, 6.45) is 0.814. The number of aromatic nitrogens is 4. The molecule has 3 aromatic rings. The monoisotopic (exact) mass is 648 g/mol. The summed E-state index contributed by atoms with van der Waals surface area (Å²) < 4.78 is 81.0. The van der Waals surface area contributed by atoms with Gasteiger partial charge in [0.2, 0.25) is 11.8 Å². The molecule has 1 atom stereocenters. The number of nitrogens with zero attached hydrogens (tertiary/aromatic N) is 5. The average Bonchev–Trinajstić information content (AvgIpc) is 3.53. The van der Waals surface area contributed by atoms with Crippen molar-refractivity contribution < 1.29 is 35.9 Å². The Morgan fingerprint density at radius 3 is 2.67 bits per heavy atom. The van der Waals surface area contributed by atoms with E-state index in [1.165, 1.54) is 35.0 Å². The van der Waals surface area contributed by atoms with Gasteiger partial charge in [-0.3, -0.25) is 4.79 Å². The number of alkyl halides is 3. The summed E-state index contributed by atoms with van der Waals surface area (Å²) >= 11 is 0. The van der Waals surface area contributed by atoms with Crippen molar-refractivity contribution in [1.29, 1.82) is 0 Å². The molecule has 0 spiro atoms. The molecule has 0 aromatic carbocycles. The lowest BCUT2D eigenvalue weighted by Crippen LogP contribution is -2.41. The van der Waals surface area contributed by atoms with E-state index in [4.69, 9.17) is 14.5 Å². The highest BCUT2D eigenvalue weighted by Gasteiger charge is 2.62. The van der Waals surface area contributed by atoms with Gasteiger partial charge >= 0.3 is 6.18 Å². The first-order valence-electron chi connectivity index (χ1n) is 15.0. The normalized spacial score (nSPS) is 22.2. The molecular weight excluding hydrogens is 613 g/mol. The summed E-state index contributed by atoms with van der Waals surface area (Å²) in [6, 6.07) is 8.91. The van der Waals surface area contributed by atoms with Crippen molar-refractivity contribution >= 4 is 21.7 Å². The molecule has 3 aliphatic rings. The fourth-order valence-electron chi connectivity index (χ4n) is 6.16. The minimum Gasteiger partial charge on any atom is -0.478 e. The summed E-state index contributed by atoms with van der Waals surface area (Å²) in [6.45, 7) is 4.97. The Hall–Kier alpha value is -3.88. The lowest BCUT2D eigenvalue weighted by molar-refractivity contribution is -0.190. The van der Waals surface area contributed by atoms with Crippen LogP contribution in [0.4, 0.5) is 19.0 Å². The van der Waals surface area contributed by atoms with Gasteiger partial charge in [-0.2, -0.15) is 26.6 Å². The van der Waals surface area contributed by atoms with Gasteiger partial charge in [0.15, 0.2) is 10.8 Å². The first-order valence-corrected chi connectivity index (χ1v) is 16.5. The third-order valence-corrected chi connectivity index (χ3v) is 10.1. The van der Waals surface area contributed by atoms with Gasteiger partial charge < -0.3 is 14.4 Å². The van der Waals surface area contributed by atoms with E-state index in [-0.39, 0.29) is 48.2 Å². The van der Waals surface area contributed by atoms with Crippen LogP contribution in [0.5, 0.6) is 11.8 Å². The van der Waals surface area contributed by atoms with Crippen LogP contribution in [0.1, 0.15) is 69.2 Å². The summed E-state index contributed by atoms with van der Waals surface area (Å²) in [7, 11) is -4.35. The van der Waals surface area contributed by atoms with Crippen LogP contribution in [0.15, 0.2) is 47.6 Å². The second-order valence-corrected chi connectivity index (χ2v) is 14.2. The number of pyridine rings is 2. The third kappa shape index (κ3) is 6.44. The first-order chi connectivity index (χ1) is 21.3. The highest BCUT2D eigenvalue weighted by molar-refractivity contribution is 7.90. The average molecular weight is 649 g/mol. The molecule has 1 saturated carbocycles. The molecule has 45 heavy (non-hydrogen) atoms. The quantitative estimate of drug-likeness (QED) is 0.404. The highest BCUT2D eigenvalue weighted by Crippen LogP contribution is 2.59. The summed E-state index contributed by atoms with van der Waals surface area (Å²) in [5, 5.41) is 4.00. The van der Waals surface area contributed by atoms with Crippen molar-refractivity contribution in [3.63, 3.8) is 0 Å². The van der Waals surface area contributed by atoms with Crippen molar-refractivity contribution in [2.45, 2.75) is 75.5 Å². The summed E-state index contributed by atoms with van der Waals surface area (Å²) in [5.41, 5.74) is -2.01. The van der Waals surface area contributed by atoms with Gasteiger partial charge in [0.05, 0.1) is 24.2 Å². The predicted molar refractivity (Wildman–Crippen MR) is 157 cm³/mol. The molecule has 0 radical (unpaired) electrons. The number of sulfonamides is 1. The SMILES string of the molecule is CC1(C)CC2CCCCOc3cccc(n3)S(=O)(=O)NC(=O)c3ccc(-n4ccc(OCCC5(C(F)(F)F)CC5)n4)nc3N1C2. The zero-order valence-electron chi connectivity index (χ0n) is 25.0. The molecule has 2 aliphatic heterocycles. The van der Waals surface area contributed by atoms with Crippen LogP contribution in [-0.2, 0) is 10.0 Å². The van der Waals surface area contributed by atoms with Crippen LogP contribution in [0, 0.1) is 11.3 Å². The number of ether oxygens (including phenoxy) is 2. The van der Waals surface area contributed by atoms with Crippen molar-refractivity contribution in [2.24, 2.45) is 11.3 Å². The second-order valence-electron chi connectivity index (χ2n) is 12.6. The predicted octanol–water partition coefficient (Wildman–Crippen LogP) is 5.06. The second kappa shape index (κ2) is 11.5. The standard InChI is InChI=1S/C30H35F3N6O5S/c1-28(2)18-20-6-3-4-16-43-23-7-5-8-25(35-23)45(41,42)37-27(40)21-9-10-22(34-26(21)38(28)19-20)39-15-11-24(36-39)44-17-14-29(12-13-29)30(31,32)33/h5,7-11,15,20H,3-4,6,12-14,16-19H2,1-2H3,(H,37,40). The minimum atomic E-state index is -4.35. The zero-order valence-corrected chi connectivity index (χ0v) is 25.8. The number of carbonyl (C=O) groups excluding carboxylic acids is 1. The van der Waals surface area contributed by atoms with E-state index in [2.05, 4.69) is 28.7 Å². The van der Waals surface area contributed by atoms with E-state index < -0.39 is 33.1 Å². The maximum Gasteiger partial charge on any atom is 0.394 e. The van der Waals surface area contributed by atoms with Gasteiger partial charge in [-0.25, -0.2) is 14.4 Å². The van der Waals surface area contributed by atoms with E-state index in [1.54, 1.807) is 12.3 Å². The fourth-order valence-corrected chi connectivity index (χ4v) is 7.08. The lowest BCUT2D eigenvalue weighted by atomic mass is 9.93.